The Morgan fingerprint density at radius 3 is 2.86 bits per heavy atom. The van der Waals surface area contributed by atoms with E-state index in [9.17, 15) is 9.59 Å². The van der Waals surface area contributed by atoms with Crippen molar-refractivity contribution in [2.24, 2.45) is 0 Å². The number of amides is 1. The molecule has 0 spiro atoms. The maximum atomic E-state index is 11.9. The highest BCUT2D eigenvalue weighted by atomic mass is 16.4. The van der Waals surface area contributed by atoms with Gasteiger partial charge in [-0.3, -0.25) is 4.79 Å². The Morgan fingerprint density at radius 2 is 2.05 bits per heavy atom. The zero-order valence-electron chi connectivity index (χ0n) is 11.2. The molecule has 0 aliphatic carbocycles. The molecule has 21 heavy (non-hydrogen) atoms. The number of benzene rings is 1. The minimum atomic E-state index is -0.391. The van der Waals surface area contributed by atoms with Crippen LogP contribution in [0.4, 0.5) is 5.69 Å². The average molecular weight is 283 g/mol. The Labute approximate surface area is 120 Å². The number of rotatable bonds is 4. The fraction of sp³-hybridized carbons (Fsp3) is 0.125. The summed E-state index contributed by atoms with van der Waals surface area (Å²) in [6, 6.07) is 11.8. The molecule has 0 unspecified atom stereocenters. The molecule has 5 nitrogen and oxygen atoms in total. The zero-order valence-corrected chi connectivity index (χ0v) is 11.2. The van der Waals surface area contributed by atoms with Crippen molar-refractivity contribution in [1.29, 1.82) is 0 Å². The Balaban J connectivity index is 1.68. The second-order valence-corrected chi connectivity index (χ2v) is 4.63. The van der Waals surface area contributed by atoms with Gasteiger partial charge in [-0.15, -0.1) is 0 Å². The Hall–Kier alpha value is -2.82. The molecule has 3 rings (SSSR count). The summed E-state index contributed by atoms with van der Waals surface area (Å²) in [4.78, 5) is 23.0. The van der Waals surface area contributed by atoms with Crippen LogP contribution < -0.4 is 10.9 Å². The van der Waals surface area contributed by atoms with Gasteiger partial charge >= 0.3 is 5.63 Å². The number of carbonyl (C=O) groups is 1. The Kier molecular flexibility index (Phi) is 3.55. The highest BCUT2D eigenvalue weighted by molar-refractivity contribution is 5.93. The SMILES string of the molecule is O=C(CCc1ccco1)Nc1ccc2oc(=O)ccc2c1. The molecule has 2 aromatic heterocycles. The fourth-order valence-corrected chi connectivity index (χ4v) is 2.06. The van der Waals surface area contributed by atoms with Gasteiger partial charge in [-0.25, -0.2) is 4.79 Å². The minimum Gasteiger partial charge on any atom is -0.469 e. The molecule has 2 heterocycles. The summed E-state index contributed by atoms with van der Waals surface area (Å²) in [5.74, 6) is 0.688. The van der Waals surface area contributed by atoms with Gasteiger partial charge in [0.1, 0.15) is 11.3 Å². The van der Waals surface area contributed by atoms with E-state index in [0.717, 1.165) is 11.1 Å². The summed E-state index contributed by atoms with van der Waals surface area (Å²) in [6.07, 6.45) is 2.49. The van der Waals surface area contributed by atoms with Crippen LogP contribution in [0.3, 0.4) is 0 Å². The van der Waals surface area contributed by atoms with Crippen molar-refractivity contribution in [2.45, 2.75) is 12.8 Å². The van der Waals surface area contributed by atoms with Crippen LogP contribution in [0.2, 0.25) is 0 Å². The highest BCUT2D eigenvalue weighted by Crippen LogP contribution is 2.18. The van der Waals surface area contributed by atoms with Crippen LogP contribution in [0.25, 0.3) is 11.0 Å². The van der Waals surface area contributed by atoms with E-state index >= 15 is 0 Å². The first kappa shape index (κ1) is 13.2. The number of furan rings is 1. The second-order valence-electron chi connectivity index (χ2n) is 4.63. The van der Waals surface area contributed by atoms with Gasteiger partial charge in [-0.2, -0.15) is 0 Å². The lowest BCUT2D eigenvalue weighted by atomic mass is 10.2. The first-order valence-electron chi connectivity index (χ1n) is 6.57. The van der Waals surface area contributed by atoms with Gasteiger partial charge in [0.05, 0.1) is 6.26 Å². The fourth-order valence-electron chi connectivity index (χ4n) is 2.06. The topological polar surface area (TPSA) is 72.5 Å². The van der Waals surface area contributed by atoms with Gasteiger partial charge in [0.15, 0.2) is 0 Å². The van der Waals surface area contributed by atoms with E-state index in [4.69, 9.17) is 8.83 Å². The normalized spacial score (nSPS) is 10.7. The lowest BCUT2D eigenvalue weighted by molar-refractivity contribution is -0.116. The number of hydrogen-bond acceptors (Lipinski definition) is 4. The maximum absolute atomic E-state index is 11.9. The van der Waals surface area contributed by atoms with Crippen LogP contribution in [-0.2, 0) is 11.2 Å². The summed E-state index contributed by atoms with van der Waals surface area (Å²) >= 11 is 0. The van der Waals surface area contributed by atoms with Gasteiger partial charge < -0.3 is 14.2 Å². The lowest BCUT2D eigenvalue weighted by Crippen LogP contribution is -2.12. The molecule has 1 aromatic carbocycles. The van der Waals surface area contributed by atoms with Gasteiger partial charge in [0.2, 0.25) is 5.91 Å². The number of anilines is 1. The molecule has 0 aliphatic heterocycles. The lowest BCUT2D eigenvalue weighted by Gasteiger charge is -2.05. The number of aryl methyl sites for hydroxylation is 1. The first-order chi connectivity index (χ1) is 10.2. The number of nitrogens with one attached hydrogen (secondary N) is 1. The summed E-state index contributed by atoms with van der Waals surface area (Å²) in [7, 11) is 0. The van der Waals surface area contributed by atoms with E-state index < -0.39 is 5.63 Å². The maximum Gasteiger partial charge on any atom is 0.336 e. The summed E-state index contributed by atoms with van der Waals surface area (Å²) in [5, 5.41) is 3.57. The van der Waals surface area contributed by atoms with Crippen molar-refractivity contribution >= 4 is 22.6 Å². The molecular formula is C16H13NO4. The van der Waals surface area contributed by atoms with E-state index in [0.29, 0.717) is 24.1 Å². The smallest absolute Gasteiger partial charge is 0.336 e. The molecule has 0 aliphatic rings. The van der Waals surface area contributed by atoms with E-state index in [-0.39, 0.29) is 5.91 Å². The molecule has 0 saturated carbocycles. The van der Waals surface area contributed by atoms with Crippen LogP contribution in [-0.4, -0.2) is 5.91 Å². The van der Waals surface area contributed by atoms with Crippen LogP contribution in [0, 0.1) is 0 Å². The van der Waals surface area contributed by atoms with Crippen molar-refractivity contribution in [3.63, 3.8) is 0 Å². The van der Waals surface area contributed by atoms with Gasteiger partial charge in [-0.05, 0) is 36.4 Å². The monoisotopic (exact) mass is 283 g/mol. The van der Waals surface area contributed by atoms with E-state index in [1.54, 1.807) is 36.6 Å². The minimum absolute atomic E-state index is 0.0943. The third kappa shape index (κ3) is 3.20. The third-order valence-electron chi connectivity index (χ3n) is 3.08. The molecule has 1 N–H and O–H groups in total. The number of hydrogen-bond donors (Lipinski definition) is 1. The summed E-state index contributed by atoms with van der Waals surface area (Å²) < 4.78 is 10.2. The van der Waals surface area contributed by atoms with Crippen molar-refractivity contribution in [3.05, 3.63) is 64.9 Å². The zero-order chi connectivity index (χ0) is 14.7. The van der Waals surface area contributed by atoms with Crippen LogP contribution >= 0.6 is 0 Å². The summed E-state index contributed by atoms with van der Waals surface area (Å²) in [5.41, 5.74) is 0.773. The van der Waals surface area contributed by atoms with Crippen molar-refractivity contribution in [2.75, 3.05) is 5.32 Å². The number of carbonyl (C=O) groups excluding carboxylic acids is 1. The summed E-state index contributed by atoms with van der Waals surface area (Å²) in [6.45, 7) is 0. The standard InChI is InChI=1S/C16H13NO4/c18-15(7-5-13-2-1-9-20-13)17-12-4-6-14-11(10-12)3-8-16(19)21-14/h1-4,6,8-10H,5,7H2,(H,17,18). The Bertz CT molecular complexity index is 818. The first-order valence-corrected chi connectivity index (χ1v) is 6.57. The molecule has 0 atom stereocenters. The largest absolute Gasteiger partial charge is 0.469 e. The predicted octanol–water partition coefficient (Wildman–Crippen LogP) is 2.96. The van der Waals surface area contributed by atoms with Gasteiger partial charge in [-0.1, -0.05) is 0 Å². The van der Waals surface area contributed by atoms with Crippen molar-refractivity contribution in [3.8, 4) is 0 Å². The van der Waals surface area contributed by atoms with Crippen LogP contribution in [0.15, 0.2) is 62.4 Å². The third-order valence-corrected chi connectivity index (χ3v) is 3.08. The van der Waals surface area contributed by atoms with Crippen LogP contribution in [0.5, 0.6) is 0 Å². The van der Waals surface area contributed by atoms with Crippen molar-refractivity contribution < 1.29 is 13.6 Å². The van der Waals surface area contributed by atoms with E-state index in [1.165, 1.54) is 6.07 Å². The quantitative estimate of drug-likeness (QED) is 0.747. The molecule has 0 radical (unpaired) electrons. The molecule has 3 aromatic rings. The molecule has 0 saturated heterocycles. The highest BCUT2D eigenvalue weighted by Gasteiger charge is 2.06. The van der Waals surface area contributed by atoms with Crippen molar-refractivity contribution in [1.82, 2.24) is 0 Å². The molecule has 0 fully saturated rings. The molecule has 0 bridgehead atoms. The number of fused-ring (bicyclic) bond motifs is 1. The Morgan fingerprint density at radius 1 is 1.14 bits per heavy atom. The average Bonchev–Trinajstić information content (AvgIpc) is 2.99. The van der Waals surface area contributed by atoms with Gasteiger partial charge in [0, 0.05) is 30.0 Å². The second kappa shape index (κ2) is 5.66. The molecule has 106 valence electrons. The molecular weight excluding hydrogens is 270 g/mol. The van der Waals surface area contributed by atoms with Crippen LogP contribution in [0.1, 0.15) is 12.2 Å². The van der Waals surface area contributed by atoms with E-state index in [1.807, 2.05) is 6.07 Å². The van der Waals surface area contributed by atoms with Gasteiger partial charge in [0.25, 0.3) is 0 Å². The predicted molar refractivity (Wildman–Crippen MR) is 78.1 cm³/mol. The molecule has 5 heteroatoms. The molecule has 1 amide bonds. The van der Waals surface area contributed by atoms with E-state index in [2.05, 4.69) is 5.32 Å².